The van der Waals surface area contributed by atoms with Crippen LogP contribution in [0.25, 0.3) is 22.4 Å². The average Bonchev–Trinajstić information content (AvgIpc) is 3.33. The smallest absolute Gasteiger partial charge is 0.236 e. The maximum Gasteiger partial charge on any atom is 0.236 e. The minimum atomic E-state index is -0.0842. The highest BCUT2D eigenvalue weighted by atomic mass is 32.2. The molecule has 7 heteroatoms. The first-order chi connectivity index (χ1) is 13.2. The first kappa shape index (κ1) is 17.6. The molecule has 0 spiro atoms. The summed E-state index contributed by atoms with van der Waals surface area (Å²) in [6.07, 6.45) is 0. The first-order valence-corrected chi connectivity index (χ1v) is 10.1. The standard InChI is InChI=1S/C20H16N2O3S2/c1-24-14-7-8-17-13(9-14)10-18(25-17)16-11-27-20(21-16)22-19(23)12-26-15-5-3-2-4-6-15/h2-11H,12H2,1H3,(H,21,22,23). The lowest BCUT2D eigenvalue weighted by molar-refractivity contribution is -0.113. The van der Waals surface area contributed by atoms with E-state index in [4.69, 9.17) is 9.15 Å². The Labute approximate surface area is 164 Å². The van der Waals surface area contributed by atoms with Gasteiger partial charge in [-0.1, -0.05) is 18.2 Å². The minimum absolute atomic E-state index is 0.0842. The second-order valence-corrected chi connectivity index (χ2v) is 7.61. The highest BCUT2D eigenvalue weighted by Gasteiger charge is 2.12. The molecule has 27 heavy (non-hydrogen) atoms. The van der Waals surface area contributed by atoms with E-state index >= 15 is 0 Å². The number of nitrogens with zero attached hydrogens (tertiary/aromatic N) is 1. The van der Waals surface area contributed by atoms with Gasteiger partial charge in [0, 0.05) is 15.7 Å². The average molecular weight is 396 g/mol. The van der Waals surface area contributed by atoms with Crippen molar-refractivity contribution in [2.24, 2.45) is 0 Å². The predicted molar refractivity (Wildman–Crippen MR) is 110 cm³/mol. The summed E-state index contributed by atoms with van der Waals surface area (Å²) in [5.74, 6) is 1.69. The lowest BCUT2D eigenvalue weighted by Gasteiger charge is -2.01. The van der Waals surface area contributed by atoms with Crippen LogP contribution in [0.1, 0.15) is 0 Å². The Balaban J connectivity index is 1.43. The summed E-state index contributed by atoms with van der Waals surface area (Å²) in [5, 5.41) is 6.21. The van der Waals surface area contributed by atoms with E-state index in [9.17, 15) is 4.79 Å². The Hall–Kier alpha value is -2.77. The summed E-state index contributed by atoms with van der Waals surface area (Å²) >= 11 is 2.87. The topological polar surface area (TPSA) is 64.4 Å². The van der Waals surface area contributed by atoms with Crippen molar-refractivity contribution >= 4 is 45.1 Å². The molecule has 0 aliphatic carbocycles. The second kappa shape index (κ2) is 7.85. The van der Waals surface area contributed by atoms with Gasteiger partial charge in [0.2, 0.25) is 5.91 Å². The van der Waals surface area contributed by atoms with Crippen LogP contribution in [-0.2, 0) is 4.79 Å². The molecule has 0 bridgehead atoms. The normalized spacial score (nSPS) is 10.9. The number of thioether (sulfide) groups is 1. The van der Waals surface area contributed by atoms with Gasteiger partial charge >= 0.3 is 0 Å². The summed E-state index contributed by atoms with van der Waals surface area (Å²) in [6, 6.07) is 17.4. The molecule has 2 heterocycles. The number of rotatable bonds is 6. The van der Waals surface area contributed by atoms with Crippen molar-refractivity contribution in [1.29, 1.82) is 0 Å². The van der Waals surface area contributed by atoms with E-state index < -0.39 is 0 Å². The number of amides is 1. The summed E-state index contributed by atoms with van der Waals surface area (Å²) in [5.41, 5.74) is 1.46. The van der Waals surface area contributed by atoms with Crippen LogP contribution in [0.4, 0.5) is 5.13 Å². The van der Waals surface area contributed by atoms with E-state index in [-0.39, 0.29) is 5.91 Å². The fourth-order valence-corrected chi connectivity index (χ4v) is 3.98. The third kappa shape index (κ3) is 4.15. The molecule has 0 aliphatic heterocycles. The van der Waals surface area contributed by atoms with Gasteiger partial charge in [-0.15, -0.1) is 23.1 Å². The molecule has 4 rings (SSSR count). The molecule has 1 amide bonds. The number of anilines is 1. The van der Waals surface area contributed by atoms with Gasteiger partial charge in [-0.25, -0.2) is 4.98 Å². The molecular weight excluding hydrogens is 380 g/mol. The molecule has 1 N–H and O–H groups in total. The number of carbonyl (C=O) groups excluding carboxylic acids is 1. The predicted octanol–water partition coefficient (Wildman–Crippen LogP) is 5.30. The second-order valence-electron chi connectivity index (χ2n) is 5.70. The Bertz CT molecular complexity index is 1070. The Morgan fingerprint density at radius 1 is 1.22 bits per heavy atom. The van der Waals surface area contributed by atoms with Gasteiger partial charge in [-0.3, -0.25) is 4.79 Å². The molecule has 0 fully saturated rings. The molecule has 5 nitrogen and oxygen atoms in total. The molecule has 0 unspecified atom stereocenters. The maximum atomic E-state index is 12.1. The number of carbonyl (C=O) groups is 1. The molecule has 136 valence electrons. The third-order valence-corrected chi connectivity index (χ3v) is 5.61. The van der Waals surface area contributed by atoms with Gasteiger partial charge in [0.1, 0.15) is 17.0 Å². The van der Waals surface area contributed by atoms with Gasteiger partial charge < -0.3 is 14.5 Å². The van der Waals surface area contributed by atoms with Gasteiger partial charge in [-0.2, -0.15) is 0 Å². The largest absolute Gasteiger partial charge is 0.497 e. The van der Waals surface area contributed by atoms with Crippen molar-refractivity contribution in [3.05, 3.63) is 60.0 Å². The van der Waals surface area contributed by atoms with E-state index in [1.54, 1.807) is 7.11 Å². The van der Waals surface area contributed by atoms with Crippen LogP contribution in [0.5, 0.6) is 5.75 Å². The lowest BCUT2D eigenvalue weighted by Crippen LogP contribution is -2.13. The maximum absolute atomic E-state index is 12.1. The zero-order valence-electron chi connectivity index (χ0n) is 14.5. The zero-order chi connectivity index (χ0) is 18.6. The van der Waals surface area contributed by atoms with E-state index in [0.717, 1.165) is 21.6 Å². The number of fused-ring (bicyclic) bond motifs is 1. The minimum Gasteiger partial charge on any atom is -0.497 e. The number of methoxy groups -OCH3 is 1. The lowest BCUT2D eigenvalue weighted by atomic mass is 10.2. The van der Waals surface area contributed by atoms with Crippen LogP contribution in [-0.4, -0.2) is 23.8 Å². The Morgan fingerprint density at radius 3 is 2.89 bits per heavy atom. The van der Waals surface area contributed by atoms with Crippen molar-refractivity contribution in [2.75, 3.05) is 18.2 Å². The van der Waals surface area contributed by atoms with E-state index in [1.807, 2.05) is 60.0 Å². The van der Waals surface area contributed by atoms with Gasteiger partial charge in [0.25, 0.3) is 0 Å². The molecule has 2 aromatic carbocycles. The van der Waals surface area contributed by atoms with Crippen LogP contribution >= 0.6 is 23.1 Å². The highest BCUT2D eigenvalue weighted by Crippen LogP contribution is 2.32. The van der Waals surface area contributed by atoms with Gasteiger partial charge in [-0.05, 0) is 36.4 Å². The third-order valence-electron chi connectivity index (χ3n) is 3.84. The molecule has 4 aromatic rings. The molecule has 0 atom stereocenters. The number of hydrogen-bond donors (Lipinski definition) is 1. The molecule has 0 radical (unpaired) electrons. The highest BCUT2D eigenvalue weighted by molar-refractivity contribution is 8.00. The van der Waals surface area contributed by atoms with Gasteiger partial charge in [0.15, 0.2) is 10.9 Å². The van der Waals surface area contributed by atoms with Crippen molar-refractivity contribution in [3.63, 3.8) is 0 Å². The van der Waals surface area contributed by atoms with Crippen LogP contribution in [0.3, 0.4) is 0 Å². The number of thiazole rings is 1. The summed E-state index contributed by atoms with van der Waals surface area (Å²) < 4.78 is 11.1. The van der Waals surface area contributed by atoms with E-state index in [0.29, 0.717) is 22.3 Å². The zero-order valence-corrected chi connectivity index (χ0v) is 16.1. The number of furan rings is 1. The fraction of sp³-hybridized carbons (Fsp3) is 0.100. The fourth-order valence-electron chi connectivity index (χ4n) is 2.54. The number of nitrogens with one attached hydrogen (secondary N) is 1. The summed E-state index contributed by atoms with van der Waals surface area (Å²) in [7, 11) is 1.63. The van der Waals surface area contributed by atoms with Crippen LogP contribution in [0.15, 0.2) is 69.3 Å². The molecule has 0 aliphatic rings. The number of aromatic nitrogens is 1. The van der Waals surface area contributed by atoms with Crippen molar-refractivity contribution in [3.8, 4) is 17.2 Å². The Kier molecular flexibility index (Phi) is 5.13. The van der Waals surface area contributed by atoms with Crippen LogP contribution in [0, 0.1) is 0 Å². The monoisotopic (exact) mass is 396 g/mol. The van der Waals surface area contributed by atoms with Crippen molar-refractivity contribution < 1.29 is 13.9 Å². The van der Waals surface area contributed by atoms with Crippen molar-refractivity contribution in [2.45, 2.75) is 4.90 Å². The molecule has 0 saturated carbocycles. The number of ether oxygens (including phenoxy) is 1. The number of hydrogen-bond acceptors (Lipinski definition) is 6. The molecule has 0 saturated heterocycles. The summed E-state index contributed by atoms with van der Waals surface area (Å²) in [6.45, 7) is 0. The quantitative estimate of drug-likeness (QED) is 0.448. The van der Waals surface area contributed by atoms with E-state index in [2.05, 4.69) is 10.3 Å². The molecule has 2 aromatic heterocycles. The van der Waals surface area contributed by atoms with Gasteiger partial charge in [0.05, 0.1) is 12.9 Å². The number of benzene rings is 2. The summed E-state index contributed by atoms with van der Waals surface area (Å²) in [4.78, 5) is 17.7. The Morgan fingerprint density at radius 2 is 2.07 bits per heavy atom. The van der Waals surface area contributed by atoms with Crippen LogP contribution < -0.4 is 10.1 Å². The van der Waals surface area contributed by atoms with Crippen molar-refractivity contribution in [1.82, 2.24) is 4.98 Å². The van der Waals surface area contributed by atoms with Crippen LogP contribution in [0.2, 0.25) is 0 Å². The SMILES string of the molecule is COc1ccc2oc(-c3csc(NC(=O)CSc4ccccc4)n3)cc2c1. The molecular formula is C20H16N2O3S2. The van der Waals surface area contributed by atoms with E-state index in [1.165, 1.54) is 23.1 Å². The first-order valence-electron chi connectivity index (χ1n) is 8.22.